The lowest BCUT2D eigenvalue weighted by atomic mass is 10.0. The third-order valence-corrected chi connectivity index (χ3v) is 4.75. The summed E-state index contributed by atoms with van der Waals surface area (Å²) in [5.41, 5.74) is 3.04. The molecule has 3 rings (SSSR count). The zero-order valence-electron chi connectivity index (χ0n) is 15.4. The third-order valence-electron chi connectivity index (χ3n) is 4.75. The van der Waals surface area contributed by atoms with Crippen molar-refractivity contribution in [3.05, 3.63) is 35.8 Å². The Labute approximate surface area is 148 Å². The average Bonchev–Trinajstić information content (AvgIpc) is 2.65. The van der Waals surface area contributed by atoms with Gasteiger partial charge in [0.2, 0.25) is 5.91 Å². The third kappa shape index (κ3) is 3.48. The van der Waals surface area contributed by atoms with Crippen LogP contribution in [-0.2, 0) is 17.8 Å². The molecule has 6 heteroatoms. The number of carbonyl (C=O) groups is 1. The van der Waals surface area contributed by atoms with Crippen LogP contribution < -0.4 is 4.90 Å². The second-order valence-electron chi connectivity index (χ2n) is 6.75. The summed E-state index contributed by atoms with van der Waals surface area (Å²) in [5.74, 6) is 1.88. The Bertz CT molecular complexity index is 760. The average molecular weight is 339 g/mol. The highest BCUT2D eigenvalue weighted by atomic mass is 16.2. The van der Waals surface area contributed by atoms with Gasteiger partial charge in [0.05, 0.1) is 12.2 Å². The first-order chi connectivity index (χ1) is 12.0. The second kappa shape index (κ2) is 7.17. The Morgan fingerprint density at radius 3 is 2.64 bits per heavy atom. The van der Waals surface area contributed by atoms with Gasteiger partial charge in [-0.3, -0.25) is 9.78 Å². The maximum atomic E-state index is 12.6. The molecular formula is C19H25N5O. The number of carbonyl (C=O) groups excluding carboxylic acids is 1. The molecule has 1 amide bonds. The van der Waals surface area contributed by atoms with Crippen molar-refractivity contribution < 1.29 is 4.79 Å². The van der Waals surface area contributed by atoms with E-state index in [1.165, 1.54) is 0 Å². The second-order valence-corrected chi connectivity index (χ2v) is 6.75. The highest BCUT2D eigenvalue weighted by Crippen LogP contribution is 2.29. The molecule has 6 nitrogen and oxygen atoms in total. The monoisotopic (exact) mass is 339 g/mol. The van der Waals surface area contributed by atoms with Gasteiger partial charge in [0.1, 0.15) is 5.82 Å². The van der Waals surface area contributed by atoms with E-state index in [0.717, 1.165) is 42.0 Å². The molecule has 0 spiro atoms. The van der Waals surface area contributed by atoms with E-state index in [9.17, 15) is 4.79 Å². The normalized spacial score (nSPS) is 14.8. The Morgan fingerprint density at radius 1 is 1.28 bits per heavy atom. The first kappa shape index (κ1) is 17.3. The molecule has 0 aromatic carbocycles. The number of nitrogens with zero attached hydrogens (tertiary/aromatic N) is 5. The van der Waals surface area contributed by atoms with E-state index >= 15 is 0 Å². The zero-order chi connectivity index (χ0) is 18.0. The Hall–Kier alpha value is -2.50. The molecule has 0 aliphatic carbocycles. The van der Waals surface area contributed by atoms with Gasteiger partial charge in [-0.15, -0.1) is 0 Å². The van der Waals surface area contributed by atoms with Gasteiger partial charge in [-0.05, 0) is 25.0 Å². The number of hydrogen-bond donors (Lipinski definition) is 0. The summed E-state index contributed by atoms with van der Waals surface area (Å²) in [5, 5.41) is 0. The fraction of sp³-hybridized carbons (Fsp3) is 0.474. The van der Waals surface area contributed by atoms with E-state index in [1.54, 1.807) is 12.4 Å². The van der Waals surface area contributed by atoms with Crippen molar-refractivity contribution in [3.8, 4) is 11.4 Å². The van der Waals surface area contributed by atoms with Gasteiger partial charge in [0, 0.05) is 50.1 Å². The Kier molecular flexibility index (Phi) is 4.97. The van der Waals surface area contributed by atoms with Crippen LogP contribution in [0.15, 0.2) is 24.5 Å². The molecule has 0 N–H and O–H groups in total. The van der Waals surface area contributed by atoms with E-state index in [1.807, 2.05) is 49.9 Å². The summed E-state index contributed by atoms with van der Waals surface area (Å²) in [4.78, 5) is 30.1. The van der Waals surface area contributed by atoms with Gasteiger partial charge in [0.15, 0.2) is 5.82 Å². The van der Waals surface area contributed by atoms with Crippen LogP contribution in [-0.4, -0.2) is 46.4 Å². The highest BCUT2D eigenvalue weighted by Gasteiger charge is 2.28. The first-order valence-corrected chi connectivity index (χ1v) is 8.77. The molecule has 0 saturated heterocycles. The molecule has 0 saturated carbocycles. The largest absolute Gasteiger partial charge is 0.362 e. The highest BCUT2D eigenvalue weighted by molar-refractivity contribution is 5.79. The predicted octanol–water partition coefficient (Wildman–Crippen LogP) is 2.54. The maximum absolute atomic E-state index is 12.6. The lowest BCUT2D eigenvalue weighted by Crippen LogP contribution is -2.40. The Balaban J connectivity index is 2.00. The molecule has 2 aromatic heterocycles. The van der Waals surface area contributed by atoms with E-state index in [-0.39, 0.29) is 11.8 Å². The maximum Gasteiger partial charge on any atom is 0.225 e. The number of anilines is 1. The van der Waals surface area contributed by atoms with Crippen LogP contribution in [0.3, 0.4) is 0 Å². The minimum absolute atomic E-state index is 0.0522. The summed E-state index contributed by atoms with van der Waals surface area (Å²) in [6.45, 7) is 5.33. The number of amides is 1. The van der Waals surface area contributed by atoms with Crippen LogP contribution in [0.4, 0.5) is 5.82 Å². The van der Waals surface area contributed by atoms with Crippen molar-refractivity contribution in [1.82, 2.24) is 19.9 Å². The van der Waals surface area contributed by atoms with Gasteiger partial charge in [0.25, 0.3) is 0 Å². The molecule has 2 aromatic rings. The van der Waals surface area contributed by atoms with Crippen molar-refractivity contribution >= 4 is 11.7 Å². The number of fused-ring (bicyclic) bond motifs is 1. The minimum atomic E-state index is 0.0522. The number of aromatic nitrogens is 3. The quantitative estimate of drug-likeness (QED) is 0.856. The van der Waals surface area contributed by atoms with Crippen molar-refractivity contribution in [2.24, 2.45) is 5.92 Å². The lowest BCUT2D eigenvalue weighted by molar-refractivity contribution is -0.136. The van der Waals surface area contributed by atoms with Crippen molar-refractivity contribution in [1.29, 1.82) is 0 Å². The number of rotatable bonds is 4. The van der Waals surface area contributed by atoms with Gasteiger partial charge in [-0.2, -0.15) is 0 Å². The van der Waals surface area contributed by atoms with Crippen LogP contribution in [0.5, 0.6) is 0 Å². The molecule has 132 valence electrons. The number of hydrogen-bond acceptors (Lipinski definition) is 5. The van der Waals surface area contributed by atoms with Gasteiger partial charge in [-0.1, -0.05) is 13.8 Å². The molecule has 0 radical (unpaired) electrons. The molecule has 3 heterocycles. The van der Waals surface area contributed by atoms with Crippen LogP contribution >= 0.6 is 0 Å². The number of pyridine rings is 1. The fourth-order valence-corrected chi connectivity index (χ4v) is 3.09. The van der Waals surface area contributed by atoms with Crippen molar-refractivity contribution in [2.45, 2.75) is 33.2 Å². The topological polar surface area (TPSA) is 62.2 Å². The first-order valence-electron chi connectivity index (χ1n) is 8.77. The predicted molar refractivity (Wildman–Crippen MR) is 98.2 cm³/mol. The van der Waals surface area contributed by atoms with E-state index < -0.39 is 0 Å². The molecule has 1 aliphatic heterocycles. The molecule has 1 atom stereocenters. The molecule has 0 unspecified atom stereocenters. The molecule has 0 fully saturated rings. The summed E-state index contributed by atoms with van der Waals surface area (Å²) in [6, 6.07) is 3.82. The standard InChI is InChI=1S/C19H25N5O/c1-5-13(2)19(25)24-11-8-15-16(12-24)21-17(22-18(15)23(3)4)14-6-9-20-10-7-14/h6-7,9-10,13H,5,8,11-12H2,1-4H3/t13-/m0/s1. The lowest BCUT2D eigenvalue weighted by Gasteiger charge is -2.32. The van der Waals surface area contributed by atoms with Crippen molar-refractivity contribution in [2.75, 3.05) is 25.5 Å². The van der Waals surface area contributed by atoms with E-state index in [4.69, 9.17) is 9.97 Å². The van der Waals surface area contributed by atoms with Crippen molar-refractivity contribution in [3.63, 3.8) is 0 Å². The Morgan fingerprint density at radius 2 is 2.00 bits per heavy atom. The van der Waals surface area contributed by atoms with E-state index in [0.29, 0.717) is 12.4 Å². The minimum Gasteiger partial charge on any atom is -0.362 e. The van der Waals surface area contributed by atoms with Gasteiger partial charge < -0.3 is 9.80 Å². The van der Waals surface area contributed by atoms with Crippen LogP contribution in [0, 0.1) is 5.92 Å². The SMILES string of the molecule is CC[C@H](C)C(=O)N1CCc2c(nc(-c3ccncc3)nc2N(C)C)C1. The molecule has 1 aliphatic rings. The summed E-state index contributed by atoms with van der Waals surface area (Å²) >= 11 is 0. The van der Waals surface area contributed by atoms with Crippen LogP contribution in [0.1, 0.15) is 31.5 Å². The molecule has 0 bridgehead atoms. The van der Waals surface area contributed by atoms with E-state index in [2.05, 4.69) is 4.98 Å². The van der Waals surface area contributed by atoms with Crippen LogP contribution in [0.2, 0.25) is 0 Å². The molecular weight excluding hydrogens is 314 g/mol. The zero-order valence-corrected chi connectivity index (χ0v) is 15.4. The fourth-order valence-electron chi connectivity index (χ4n) is 3.09. The molecule has 25 heavy (non-hydrogen) atoms. The summed E-state index contributed by atoms with van der Waals surface area (Å²) < 4.78 is 0. The van der Waals surface area contributed by atoms with Crippen LogP contribution in [0.25, 0.3) is 11.4 Å². The van der Waals surface area contributed by atoms with Gasteiger partial charge >= 0.3 is 0 Å². The smallest absolute Gasteiger partial charge is 0.225 e. The van der Waals surface area contributed by atoms with Gasteiger partial charge in [-0.25, -0.2) is 9.97 Å². The summed E-state index contributed by atoms with van der Waals surface area (Å²) in [7, 11) is 3.99. The summed E-state index contributed by atoms with van der Waals surface area (Å²) in [6.07, 6.45) is 5.14.